The fourth-order valence-corrected chi connectivity index (χ4v) is 2.79. The van der Waals surface area contributed by atoms with Gasteiger partial charge < -0.3 is 15.1 Å². The van der Waals surface area contributed by atoms with Crippen LogP contribution in [0.25, 0.3) is 11.6 Å². The van der Waals surface area contributed by atoms with Crippen LogP contribution in [0.1, 0.15) is 23.9 Å². The second-order valence-electron chi connectivity index (χ2n) is 6.34. The average Bonchev–Trinajstić information content (AvgIpc) is 3.35. The van der Waals surface area contributed by atoms with Crippen LogP contribution in [0, 0.1) is 12.7 Å². The van der Waals surface area contributed by atoms with E-state index < -0.39 is 0 Å². The highest BCUT2D eigenvalue weighted by Gasteiger charge is 2.08. The Morgan fingerprint density at radius 2 is 2.10 bits per heavy atom. The first-order valence-electron chi connectivity index (χ1n) is 9.38. The minimum absolute atomic E-state index is 0. The normalized spacial score (nSPS) is 11.2. The summed E-state index contributed by atoms with van der Waals surface area (Å²) in [6.07, 6.45) is 3.03. The van der Waals surface area contributed by atoms with Gasteiger partial charge in [-0.1, -0.05) is 6.07 Å². The van der Waals surface area contributed by atoms with Gasteiger partial charge in [-0.05, 0) is 55.7 Å². The zero-order valence-corrected chi connectivity index (χ0v) is 18.9. The Morgan fingerprint density at radius 3 is 2.83 bits per heavy atom. The molecule has 0 amide bonds. The number of furan rings is 1. The number of H-pyrrole nitrogens is 1. The molecule has 0 spiro atoms. The molecule has 1 aromatic carbocycles. The summed E-state index contributed by atoms with van der Waals surface area (Å²) < 4.78 is 18.5. The van der Waals surface area contributed by atoms with Crippen molar-refractivity contribution < 1.29 is 8.81 Å². The standard InChI is InChI=1S/C20H25FN6O.HI/c1-3-22-20(23-10-8-15-6-7-16(21)13-14(15)2)24-11-9-18-25-19(27-26-18)17-5-4-12-28-17;/h4-7,12-13H,3,8-11H2,1-2H3,(H2,22,23,24)(H,25,26,27);1H. The van der Waals surface area contributed by atoms with Crippen molar-refractivity contribution in [2.75, 3.05) is 19.6 Å². The van der Waals surface area contributed by atoms with Crippen LogP contribution in [0.4, 0.5) is 4.39 Å². The van der Waals surface area contributed by atoms with E-state index in [2.05, 4.69) is 30.8 Å². The summed E-state index contributed by atoms with van der Waals surface area (Å²) >= 11 is 0. The Kier molecular flexibility index (Phi) is 9.10. The van der Waals surface area contributed by atoms with Crippen LogP contribution >= 0.6 is 24.0 Å². The van der Waals surface area contributed by atoms with Crippen LogP contribution in [0.15, 0.2) is 46.0 Å². The van der Waals surface area contributed by atoms with Gasteiger partial charge in [-0.2, -0.15) is 5.10 Å². The van der Waals surface area contributed by atoms with Gasteiger partial charge in [0.15, 0.2) is 11.7 Å². The van der Waals surface area contributed by atoms with Crippen molar-refractivity contribution in [1.82, 2.24) is 25.8 Å². The van der Waals surface area contributed by atoms with Crippen molar-refractivity contribution in [3.05, 3.63) is 59.4 Å². The molecule has 3 aromatic rings. The first kappa shape index (κ1) is 22.9. The van der Waals surface area contributed by atoms with E-state index in [9.17, 15) is 4.39 Å². The summed E-state index contributed by atoms with van der Waals surface area (Å²) in [5.74, 6) is 2.48. The molecule has 0 aliphatic heterocycles. The lowest BCUT2D eigenvalue weighted by molar-refractivity contribution is 0.577. The summed E-state index contributed by atoms with van der Waals surface area (Å²) in [7, 11) is 0. The molecular formula is C20H26FIN6O. The van der Waals surface area contributed by atoms with Crippen molar-refractivity contribution in [2.45, 2.75) is 26.7 Å². The maximum atomic E-state index is 13.2. The number of nitrogens with zero attached hydrogens (tertiary/aromatic N) is 3. The smallest absolute Gasteiger partial charge is 0.216 e. The van der Waals surface area contributed by atoms with Gasteiger partial charge in [0.1, 0.15) is 11.6 Å². The topological polar surface area (TPSA) is 91.1 Å². The number of halogens is 2. The molecule has 0 aliphatic carbocycles. The highest BCUT2D eigenvalue weighted by molar-refractivity contribution is 14.0. The van der Waals surface area contributed by atoms with Gasteiger partial charge in [0.2, 0.25) is 5.82 Å². The Labute approximate surface area is 186 Å². The molecule has 0 bridgehead atoms. The van der Waals surface area contributed by atoms with Crippen LogP contribution in [-0.2, 0) is 12.8 Å². The molecular weight excluding hydrogens is 486 g/mol. The lowest BCUT2D eigenvalue weighted by Crippen LogP contribution is -2.38. The first-order chi connectivity index (χ1) is 13.7. The highest BCUT2D eigenvalue weighted by atomic mass is 127. The third kappa shape index (κ3) is 6.84. The number of benzene rings is 1. The monoisotopic (exact) mass is 512 g/mol. The van der Waals surface area contributed by atoms with E-state index in [1.165, 1.54) is 6.07 Å². The van der Waals surface area contributed by atoms with Crippen molar-refractivity contribution >= 4 is 29.9 Å². The first-order valence-corrected chi connectivity index (χ1v) is 9.38. The van der Waals surface area contributed by atoms with Crippen molar-refractivity contribution in [3.8, 4) is 11.6 Å². The third-order valence-electron chi connectivity index (χ3n) is 4.23. The predicted molar refractivity (Wildman–Crippen MR) is 122 cm³/mol. The number of aromatic nitrogens is 3. The van der Waals surface area contributed by atoms with Gasteiger partial charge >= 0.3 is 0 Å². The molecule has 0 saturated heterocycles. The van der Waals surface area contributed by atoms with E-state index in [0.29, 0.717) is 31.1 Å². The van der Waals surface area contributed by atoms with Gasteiger partial charge in [0.25, 0.3) is 0 Å². The minimum Gasteiger partial charge on any atom is -0.461 e. The zero-order valence-electron chi connectivity index (χ0n) is 16.5. The Bertz CT molecular complexity index is 910. The molecule has 156 valence electrons. The van der Waals surface area contributed by atoms with E-state index in [4.69, 9.17) is 4.42 Å². The van der Waals surface area contributed by atoms with Gasteiger partial charge in [-0.25, -0.2) is 9.37 Å². The van der Waals surface area contributed by atoms with Gasteiger partial charge in [-0.3, -0.25) is 10.1 Å². The number of rotatable bonds is 8. The second-order valence-corrected chi connectivity index (χ2v) is 6.34. The molecule has 0 atom stereocenters. The van der Waals surface area contributed by atoms with E-state index in [0.717, 1.165) is 35.9 Å². The molecule has 0 fully saturated rings. The van der Waals surface area contributed by atoms with Gasteiger partial charge in [0, 0.05) is 26.1 Å². The number of aryl methyl sites for hydroxylation is 1. The predicted octanol–water partition coefficient (Wildman–Crippen LogP) is 3.47. The third-order valence-corrected chi connectivity index (χ3v) is 4.23. The molecule has 3 rings (SSSR count). The number of nitrogens with one attached hydrogen (secondary N) is 3. The van der Waals surface area contributed by atoms with Crippen LogP contribution in [-0.4, -0.2) is 40.8 Å². The maximum absolute atomic E-state index is 13.2. The summed E-state index contributed by atoms with van der Waals surface area (Å²) in [4.78, 5) is 8.98. The van der Waals surface area contributed by atoms with Crippen LogP contribution in [0.5, 0.6) is 0 Å². The fourth-order valence-electron chi connectivity index (χ4n) is 2.79. The van der Waals surface area contributed by atoms with Crippen LogP contribution < -0.4 is 10.6 Å². The number of hydrogen-bond donors (Lipinski definition) is 3. The SMILES string of the molecule is CCNC(=NCCc1nc(-c2ccco2)n[nH]1)NCCc1ccc(F)cc1C.I. The molecule has 0 unspecified atom stereocenters. The number of aliphatic imine (C=N–C) groups is 1. The minimum atomic E-state index is -0.202. The lowest BCUT2D eigenvalue weighted by Gasteiger charge is -2.12. The van der Waals surface area contributed by atoms with Gasteiger partial charge in [0.05, 0.1) is 6.26 Å². The molecule has 2 heterocycles. The zero-order chi connectivity index (χ0) is 19.8. The highest BCUT2D eigenvalue weighted by Crippen LogP contribution is 2.14. The summed E-state index contributed by atoms with van der Waals surface area (Å²) in [5.41, 5.74) is 2.08. The van der Waals surface area contributed by atoms with Crippen LogP contribution in [0.2, 0.25) is 0 Å². The molecule has 7 nitrogen and oxygen atoms in total. The van der Waals surface area contributed by atoms with Crippen molar-refractivity contribution in [2.24, 2.45) is 4.99 Å². The quantitative estimate of drug-likeness (QED) is 0.244. The lowest BCUT2D eigenvalue weighted by atomic mass is 10.1. The Balaban J connectivity index is 0.00000300. The van der Waals surface area contributed by atoms with E-state index >= 15 is 0 Å². The molecule has 2 aromatic heterocycles. The fraction of sp³-hybridized carbons (Fsp3) is 0.350. The molecule has 3 N–H and O–H groups in total. The Hall–Kier alpha value is -2.43. The molecule has 0 radical (unpaired) electrons. The molecule has 9 heteroatoms. The number of hydrogen-bond acceptors (Lipinski definition) is 4. The maximum Gasteiger partial charge on any atom is 0.216 e. The second kappa shape index (κ2) is 11.5. The molecule has 0 saturated carbocycles. The van der Waals surface area contributed by atoms with E-state index in [1.54, 1.807) is 18.4 Å². The summed E-state index contributed by atoms with van der Waals surface area (Å²) in [6.45, 7) is 5.99. The number of aromatic amines is 1. The van der Waals surface area contributed by atoms with Crippen molar-refractivity contribution in [1.29, 1.82) is 0 Å². The number of guanidine groups is 1. The molecule has 0 aliphatic rings. The van der Waals surface area contributed by atoms with Crippen LogP contribution in [0.3, 0.4) is 0 Å². The average molecular weight is 512 g/mol. The summed E-state index contributed by atoms with van der Waals surface area (Å²) in [6, 6.07) is 8.51. The van der Waals surface area contributed by atoms with Crippen molar-refractivity contribution in [3.63, 3.8) is 0 Å². The van der Waals surface area contributed by atoms with E-state index in [1.807, 2.05) is 26.0 Å². The summed E-state index contributed by atoms with van der Waals surface area (Å²) in [5, 5.41) is 13.6. The largest absolute Gasteiger partial charge is 0.461 e. The van der Waals surface area contributed by atoms with Gasteiger partial charge in [-0.15, -0.1) is 24.0 Å². The molecule has 29 heavy (non-hydrogen) atoms. The Morgan fingerprint density at radius 1 is 1.24 bits per heavy atom. The van der Waals surface area contributed by atoms with E-state index in [-0.39, 0.29) is 29.8 Å².